The molecule has 1 heterocycles. The summed E-state index contributed by atoms with van der Waals surface area (Å²) < 4.78 is 0. The zero-order chi connectivity index (χ0) is 11.1. The van der Waals surface area contributed by atoms with E-state index in [4.69, 9.17) is 5.84 Å². The summed E-state index contributed by atoms with van der Waals surface area (Å²) in [5, 5.41) is 0. The highest BCUT2D eigenvalue weighted by Crippen LogP contribution is 2.16. The first kappa shape index (κ1) is 12.1. The summed E-state index contributed by atoms with van der Waals surface area (Å²) in [6.45, 7) is 4.09. The molecule has 4 nitrogen and oxygen atoms in total. The zero-order valence-electron chi connectivity index (χ0n) is 9.53. The molecule has 1 atom stereocenters. The van der Waals surface area contributed by atoms with Gasteiger partial charge in [-0.3, -0.25) is 11.3 Å². The minimum Gasteiger partial charge on any atom is -0.271 e. The maximum absolute atomic E-state index is 5.53. The molecule has 1 unspecified atom stereocenters. The maximum atomic E-state index is 5.53. The van der Waals surface area contributed by atoms with Gasteiger partial charge in [0, 0.05) is 6.20 Å². The number of nitrogens with zero attached hydrogens (tertiary/aromatic N) is 2. The number of hydrogen-bond donors (Lipinski definition) is 2. The van der Waals surface area contributed by atoms with Crippen molar-refractivity contribution in [3.8, 4) is 0 Å². The van der Waals surface area contributed by atoms with Gasteiger partial charge in [0.05, 0.1) is 11.7 Å². The molecule has 0 saturated heterocycles. The molecule has 15 heavy (non-hydrogen) atoms. The molecule has 1 aromatic rings. The summed E-state index contributed by atoms with van der Waals surface area (Å²) in [5.74, 6) is 6.32. The van der Waals surface area contributed by atoms with E-state index in [0.29, 0.717) is 0 Å². The van der Waals surface area contributed by atoms with Gasteiger partial charge in [-0.2, -0.15) is 0 Å². The summed E-state index contributed by atoms with van der Waals surface area (Å²) >= 11 is 0. The molecule has 0 aliphatic rings. The lowest BCUT2D eigenvalue weighted by Gasteiger charge is -2.14. The van der Waals surface area contributed by atoms with Gasteiger partial charge in [-0.15, -0.1) is 0 Å². The average Bonchev–Trinajstić information content (AvgIpc) is 2.24. The van der Waals surface area contributed by atoms with Gasteiger partial charge in [0.1, 0.15) is 5.82 Å². The van der Waals surface area contributed by atoms with Crippen LogP contribution in [0.2, 0.25) is 0 Å². The lowest BCUT2D eigenvalue weighted by atomic mass is 10.1. The van der Waals surface area contributed by atoms with Crippen molar-refractivity contribution in [3.05, 3.63) is 23.8 Å². The number of hydrogen-bond acceptors (Lipinski definition) is 4. The second-order valence-corrected chi connectivity index (χ2v) is 3.74. The summed E-state index contributed by atoms with van der Waals surface area (Å²) in [4.78, 5) is 8.44. The van der Waals surface area contributed by atoms with Crippen LogP contribution in [0.25, 0.3) is 0 Å². The molecule has 0 aliphatic carbocycles. The van der Waals surface area contributed by atoms with Crippen molar-refractivity contribution in [2.75, 3.05) is 0 Å². The number of aromatic nitrogens is 2. The van der Waals surface area contributed by atoms with Crippen molar-refractivity contribution in [1.82, 2.24) is 15.4 Å². The number of rotatable bonds is 6. The van der Waals surface area contributed by atoms with Gasteiger partial charge >= 0.3 is 0 Å². The highest BCUT2D eigenvalue weighted by Gasteiger charge is 2.10. The van der Waals surface area contributed by atoms with E-state index in [9.17, 15) is 0 Å². The Labute approximate surface area is 91.3 Å². The molecule has 84 valence electrons. The molecular formula is C11H20N4. The third-order valence-electron chi connectivity index (χ3n) is 2.45. The Bertz CT molecular complexity index is 288. The van der Waals surface area contributed by atoms with Crippen LogP contribution < -0.4 is 11.3 Å². The second-order valence-electron chi connectivity index (χ2n) is 3.74. The molecule has 0 fully saturated rings. The second kappa shape index (κ2) is 6.48. The summed E-state index contributed by atoms with van der Waals surface area (Å²) in [7, 11) is 0. The molecule has 1 aromatic heterocycles. The van der Waals surface area contributed by atoms with Gasteiger partial charge in [-0.25, -0.2) is 9.97 Å². The highest BCUT2D eigenvalue weighted by atomic mass is 15.2. The van der Waals surface area contributed by atoms with Crippen molar-refractivity contribution in [2.45, 2.75) is 45.6 Å². The smallest absolute Gasteiger partial charge is 0.125 e. The SMILES string of the molecule is CCCCCC(NN)c1ccnc(C)n1. The van der Waals surface area contributed by atoms with Crippen LogP contribution in [0.5, 0.6) is 0 Å². The van der Waals surface area contributed by atoms with E-state index >= 15 is 0 Å². The van der Waals surface area contributed by atoms with Crippen LogP contribution in [0.15, 0.2) is 12.3 Å². The Morgan fingerprint density at radius 3 is 2.87 bits per heavy atom. The third-order valence-corrected chi connectivity index (χ3v) is 2.45. The number of hydrazine groups is 1. The Hall–Kier alpha value is -1.00. The lowest BCUT2D eigenvalue weighted by Crippen LogP contribution is -2.28. The molecule has 1 rings (SSSR count). The van der Waals surface area contributed by atoms with Gasteiger partial charge in [0.2, 0.25) is 0 Å². The minimum absolute atomic E-state index is 0.151. The van der Waals surface area contributed by atoms with Crippen LogP contribution in [0.3, 0.4) is 0 Å². The molecular weight excluding hydrogens is 188 g/mol. The van der Waals surface area contributed by atoms with E-state index in [1.165, 1.54) is 19.3 Å². The lowest BCUT2D eigenvalue weighted by molar-refractivity contribution is 0.475. The Kier molecular flexibility index (Phi) is 5.21. The van der Waals surface area contributed by atoms with Crippen LogP contribution in [0, 0.1) is 6.92 Å². The van der Waals surface area contributed by atoms with Crippen LogP contribution >= 0.6 is 0 Å². The van der Waals surface area contributed by atoms with Gasteiger partial charge in [-0.1, -0.05) is 26.2 Å². The van der Waals surface area contributed by atoms with Crippen molar-refractivity contribution < 1.29 is 0 Å². The number of nitrogens with one attached hydrogen (secondary N) is 1. The molecule has 3 N–H and O–H groups in total. The van der Waals surface area contributed by atoms with E-state index < -0.39 is 0 Å². The summed E-state index contributed by atoms with van der Waals surface area (Å²) in [6.07, 6.45) is 6.44. The summed E-state index contributed by atoms with van der Waals surface area (Å²) in [6, 6.07) is 2.07. The first-order valence-electron chi connectivity index (χ1n) is 5.53. The van der Waals surface area contributed by atoms with Crippen molar-refractivity contribution in [2.24, 2.45) is 5.84 Å². The number of aryl methyl sites for hydroxylation is 1. The van der Waals surface area contributed by atoms with E-state index in [-0.39, 0.29) is 6.04 Å². The fraction of sp³-hybridized carbons (Fsp3) is 0.636. The molecule has 0 saturated carbocycles. The van der Waals surface area contributed by atoms with Gasteiger partial charge in [0.25, 0.3) is 0 Å². The maximum Gasteiger partial charge on any atom is 0.125 e. The quantitative estimate of drug-likeness (QED) is 0.425. The molecule has 0 spiro atoms. The molecule has 4 heteroatoms. The van der Waals surface area contributed by atoms with Crippen molar-refractivity contribution in [1.29, 1.82) is 0 Å². The molecule has 0 aromatic carbocycles. The van der Waals surface area contributed by atoms with Crippen LogP contribution in [0.4, 0.5) is 0 Å². The Morgan fingerprint density at radius 2 is 2.27 bits per heavy atom. The van der Waals surface area contributed by atoms with E-state index in [1.54, 1.807) is 6.20 Å². The van der Waals surface area contributed by atoms with Gasteiger partial charge in [0.15, 0.2) is 0 Å². The Balaban J connectivity index is 2.57. The third kappa shape index (κ3) is 3.93. The molecule has 0 radical (unpaired) electrons. The van der Waals surface area contributed by atoms with Crippen LogP contribution in [0.1, 0.15) is 50.2 Å². The molecule has 0 bridgehead atoms. The largest absolute Gasteiger partial charge is 0.271 e. The zero-order valence-corrected chi connectivity index (χ0v) is 9.53. The predicted octanol–water partition coefficient (Wildman–Crippen LogP) is 1.87. The fourth-order valence-electron chi connectivity index (χ4n) is 1.58. The van der Waals surface area contributed by atoms with Crippen molar-refractivity contribution in [3.63, 3.8) is 0 Å². The topological polar surface area (TPSA) is 63.8 Å². The molecule has 0 aliphatic heterocycles. The highest BCUT2D eigenvalue weighted by molar-refractivity contribution is 5.06. The van der Waals surface area contributed by atoms with Crippen LogP contribution in [-0.2, 0) is 0 Å². The monoisotopic (exact) mass is 208 g/mol. The molecule has 0 amide bonds. The minimum atomic E-state index is 0.151. The van der Waals surface area contributed by atoms with Gasteiger partial charge in [-0.05, 0) is 19.4 Å². The Morgan fingerprint density at radius 1 is 1.47 bits per heavy atom. The first-order chi connectivity index (χ1) is 7.27. The standard InChI is InChI=1S/C11H20N4/c1-3-4-5-6-11(15-12)10-7-8-13-9(2)14-10/h7-8,11,15H,3-6,12H2,1-2H3. The van der Waals surface area contributed by atoms with E-state index in [0.717, 1.165) is 17.9 Å². The number of unbranched alkanes of at least 4 members (excludes halogenated alkanes) is 2. The predicted molar refractivity (Wildman–Crippen MR) is 61.0 cm³/mol. The van der Waals surface area contributed by atoms with Crippen LogP contribution in [-0.4, -0.2) is 9.97 Å². The normalized spacial score (nSPS) is 12.7. The summed E-state index contributed by atoms with van der Waals surface area (Å²) in [5.41, 5.74) is 3.80. The van der Waals surface area contributed by atoms with Crippen molar-refractivity contribution >= 4 is 0 Å². The van der Waals surface area contributed by atoms with E-state index in [1.807, 2.05) is 13.0 Å². The first-order valence-corrected chi connectivity index (χ1v) is 5.53. The number of nitrogens with two attached hydrogens (primary N) is 1. The van der Waals surface area contributed by atoms with E-state index in [2.05, 4.69) is 22.3 Å². The fourth-order valence-corrected chi connectivity index (χ4v) is 1.58. The van der Waals surface area contributed by atoms with Gasteiger partial charge < -0.3 is 0 Å². The average molecular weight is 208 g/mol.